The second kappa shape index (κ2) is 13.5. The minimum absolute atomic E-state index is 0.00107. The second-order valence-electron chi connectivity index (χ2n) is 11.4. The monoisotopic (exact) mass is 693 g/mol. The summed E-state index contributed by atoms with van der Waals surface area (Å²) < 4.78 is 51.6. The maximum Gasteiger partial charge on any atom is 0.331 e. The summed E-state index contributed by atoms with van der Waals surface area (Å²) in [4.78, 5) is 57.1. The molecule has 1 atom stereocenters. The SMILES string of the molecule is CS(=O)c1ccc2c(c1)CCN(C1CCN(C(=O)Cn3cc(-c4cccc(F)c4Cl)c(=O)n(CCS(C)(=O)=O)c3=O)CC1)C(=O)N2. The number of carbonyl (C=O) groups excluding carboxylic acids is 2. The van der Waals surface area contributed by atoms with E-state index in [4.69, 9.17) is 11.6 Å². The van der Waals surface area contributed by atoms with Crippen molar-refractivity contribution in [3.63, 3.8) is 0 Å². The summed E-state index contributed by atoms with van der Waals surface area (Å²) in [5, 5.41) is 2.58. The Labute approximate surface area is 272 Å². The zero-order chi connectivity index (χ0) is 33.3. The van der Waals surface area contributed by atoms with Crippen molar-refractivity contribution >= 4 is 49.9 Å². The number of sulfone groups is 1. The Bertz CT molecular complexity index is 1960. The van der Waals surface area contributed by atoms with E-state index in [2.05, 4.69) is 5.32 Å². The Hall–Kier alpha value is -3.82. The van der Waals surface area contributed by atoms with Crippen LogP contribution in [0, 0.1) is 5.82 Å². The number of fused-ring (bicyclic) bond motifs is 1. The third-order valence-electron chi connectivity index (χ3n) is 8.26. The number of nitrogens with zero attached hydrogens (tertiary/aromatic N) is 4. The Morgan fingerprint density at radius 2 is 1.80 bits per heavy atom. The molecule has 0 bridgehead atoms. The molecule has 2 aliphatic rings. The van der Waals surface area contributed by atoms with Gasteiger partial charge in [0, 0.05) is 77.9 Å². The summed E-state index contributed by atoms with van der Waals surface area (Å²) in [7, 11) is -4.70. The van der Waals surface area contributed by atoms with Crippen molar-refractivity contribution in [1.82, 2.24) is 18.9 Å². The largest absolute Gasteiger partial charge is 0.341 e. The van der Waals surface area contributed by atoms with Crippen molar-refractivity contribution < 1.29 is 26.6 Å². The second-order valence-corrected chi connectivity index (χ2v) is 15.4. The van der Waals surface area contributed by atoms with Crippen LogP contribution in [0.15, 0.2) is 57.1 Å². The predicted octanol–water partition coefficient (Wildman–Crippen LogP) is 2.33. The molecule has 46 heavy (non-hydrogen) atoms. The van der Waals surface area contributed by atoms with E-state index in [0.717, 1.165) is 28.6 Å². The lowest BCUT2D eigenvalue weighted by Crippen LogP contribution is -2.51. The van der Waals surface area contributed by atoms with Crippen LogP contribution in [0.3, 0.4) is 0 Å². The highest BCUT2D eigenvalue weighted by Crippen LogP contribution is 2.28. The molecule has 1 fully saturated rings. The fourth-order valence-corrected chi connectivity index (χ4v) is 7.06. The molecule has 3 aromatic rings. The number of carbonyl (C=O) groups is 2. The molecule has 0 spiro atoms. The highest BCUT2D eigenvalue weighted by atomic mass is 35.5. The van der Waals surface area contributed by atoms with Crippen molar-refractivity contribution in [1.29, 1.82) is 0 Å². The Kier molecular flexibility index (Phi) is 9.84. The van der Waals surface area contributed by atoms with Gasteiger partial charge in [0.2, 0.25) is 5.91 Å². The fourth-order valence-electron chi connectivity index (χ4n) is 5.75. The molecular formula is C30H33ClFN5O7S2. The first kappa shape index (κ1) is 33.5. The summed E-state index contributed by atoms with van der Waals surface area (Å²) in [6, 6.07) is 8.79. The van der Waals surface area contributed by atoms with Gasteiger partial charge in [-0.05, 0) is 49.1 Å². The average molecular weight is 694 g/mol. The summed E-state index contributed by atoms with van der Waals surface area (Å²) in [6.45, 7) is 0.154. The molecule has 0 aliphatic carbocycles. The number of hydrogen-bond acceptors (Lipinski definition) is 7. The van der Waals surface area contributed by atoms with Gasteiger partial charge in [-0.2, -0.15) is 0 Å². The van der Waals surface area contributed by atoms with Crippen LogP contribution in [0.1, 0.15) is 18.4 Å². The minimum Gasteiger partial charge on any atom is -0.341 e. The normalized spacial score (nSPS) is 16.5. The summed E-state index contributed by atoms with van der Waals surface area (Å²) in [6.07, 6.45) is 5.28. The number of benzene rings is 2. The third kappa shape index (κ3) is 7.26. The van der Waals surface area contributed by atoms with Crippen LogP contribution in [0.4, 0.5) is 14.9 Å². The Morgan fingerprint density at radius 3 is 2.48 bits per heavy atom. The van der Waals surface area contributed by atoms with Gasteiger partial charge in [0.15, 0.2) is 0 Å². The van der Waals surface area contributed by atoms with Crippen LogP contribution in [0.25, 0.3) is 11.1 Å². The molecule has 2 aromatic carbocycles. The van der Waals surface area contributed by atoms with Crippen molar-refractivity contribution in [3.05, 3.63) is 79.8 Å². The molecule has 1 N–H and O–H groups in total. The van der Waals surface area contributed by atoms with Crippen molar-refractivity contribution in [2.24, 2.45) is 0 Å². The van der Waals surface area contributed by atoms with Gasteiger partial charge in [-0.25, -0.2) is 22.4 Å². The van der Waals surface area contributed by atoms with Gasteiger partial charge in [-0.1, -0.05) is 23.7 Å². The molecule has 246 valence electrons. The van der Waals surface area contributed by atoms with E-state index in [0.29, 0.717) is 54.0 Å². The smallest absolute Gasteiger partial charge is 0.331 e. The van der Waals surface area contributed by atoms with Crippen molar-refractivity contribution in [3.8, 4) is 11.1 Å². The number of halogens is 2. The van der Waals surface area contributed by atoms with E-state index >= 15 is 0 Å². The number of amides is 3. The van der Waals surface area contributed by atoms with Crippen molar-refractivity contribution in [2.45, 2.75) is 43.3 Å². The summed E-state index contributed by atoms with van der Waals surface area (Å²) in [5.74, 6) is -1.71. The molecule has 3 amide bonds. The average Bonchev–Trinajstić information content (AvgIpc) is 3.17. The molecule has 2 aliphatic heterocycles. The highest BCUT2D eigenvalue weighted by molar-refractivity contribution is 7.90. The topological polar surface area (TPSA) is 148 Å². The molecule has 3 heterocycles. The number of piperidine rings is 1. The van der Waals surface area contributed by atoms with Gasteiger partial charge in [-0.3, -0.25) is 22.9 Å². The van der Waals surface area contributed by atoms with Crippen LogP contribution >= 0.6 is 11.6 Å². The fraction of sp³-hybridized carbons (Fsp3) is 0.400. The number of rotatable bonds is 8. The van der Waals surface area contributed by atoms with E-state index < -0.39 is 62.5 Å². The molecule has 0 saturated carbocycles. The zero-order valence-electron chi connectivity index (χ0n) is 25.2. The van der Waals surface area contributed by atoms with Crippen LogP contribution in [-0.2, 0) is 44.9 Å². The van der Waals surface area contributed by atoms with Gasteiger partial charge >= 0.3 is 11.7 Å². The van der Waals surface area contributed by atoms with Gasteiger partial charge in [0.05, 0.1) is 16.3 Å². The first-order chi connectivity index (χ1) is 21.7. The molecule has 16 heteroatoms. The van der Waals surface area contributed by atoms with Crippen LogP contribution < -0.4 is 16.6 Å². The first-order valence-electron chi connectivity index (χ1n) is 14.5. The van der Waals surface area contributed by atoms with Gasteiger partial charge in [0.25, 0.3) is 5.56 Å². The highest BCUT2D eigenvalue weighted by Gasteiger charge is 2.32. The van der Waals surface area contributed by atoms with Gasteiger partial charge < -0.3 is 15.1 Å². The maximum absolute atomic E-state index is 14.3. The molecular weight excluding hydrogens is 661 g/mol. The van der Waals surface area contributed by atoms with E-state index in [9.17, 15) is 36.2 Å². The number of anilines is 1. The first-order valence-corrected chi connectivity index (χ1v) is 18.5. The molecule has 1 aromatic heterocycles. The van der Waals surface area contributed by atoms with Gasteiger partial charge in [0.1, 0.15) is 22.2 Å². The van der Waals surface area contributed by atoms with Crippen molar-refractivity contribution in [2.75, 3.05) is 43.2 Å². The number of urea groups is 1. The lowest BCUT2D eigenvalue weighted by Gasteiger charge is -2.38. The quantitative estimate of drug-likeness (QED) is 0.381. The number of likely N-dealkylation sites (tertiary alicyclic amines) is 1. The summed E-state index contributed by atoms with van der Waals surface area (Å²) in [5.41, 5.74) is -0.324. The lowest BCUT2D eigenvalue weighted by atomic mass is 10.0. The zero-order valence-corrected chi connectivity index (χ0v) is 27.6. The molecule has 1 unspecified atom stereocenters. The number of aromatic nitrogens is 2. The molecule has 5 rings (SSSR count). The standard InChI is InChI=1S/C30H33ClFN5O7S2/c1-45(42)21-6-7-25-19(16-21)8-13-36(29(40)33-25)20-9-11-34(12-10-20)26(38)18-35-17-23(22-4-3-5-24(32)27(22)31)28(39)37(30(35)41)14-15-46(2,43)44/h3-7,16-17,20H,8-15,18H2,1-2H3,(H,33,40). The van der Waals surface area contributed by atoms with E-state index in [1.165, 1.54) is 12.1 Å². The van der Waals surface area contributed by atoms with Crippen LogP contribution in [-0.4, -0.2) is 87.4 Å². The number of hydrogen-bond donors (Lipinski definition) is 1. The minimum atomic E-state index is -3.56. The molecule has 0 radical (unpaired) electrons. The third-order valence-corrected chi connectivity index (χ3v) is 10.5. The number of nitrogens with one attached hydrogen (secondary N) is 1. The Balaban J connectivity index is 1.32. The van der Waals surface area contributed by atoms with Crippen LogP contribution in [0.5, 0.6) is 0 Å². The Morgan fingerprint density at radius 1 is 1.09 bits per heavy atom. The summed E-state index contributed by atoms with van der Waals surface area (Å²) >= 11 is 6.14. The molecule has 1 saturated heterocycles. The van der Waals surface area contributed by atoms with E-state index in [1.807, 2.05) is 6.07 Å². The molecule has 12 nitrogen and oxygen atoms in total. The van der Waals surface area contributed by atoms with Crippen LogP contribution in [0.2, 0.25) is 5.02 Å². The van der Waals surface area contributed by atoms with E-state index in [1.54, 1.807) is 28.2 Å². The lowest BCUT2D eigenvalue weighted by molar-refractivity contribution is -0.133. The maximum atomic E-state index is 14.3. The predicted molar refractivity (Wildman–Crippen MR) is 173 cm³/mol. The van der Waals surface area contributed by atoms with Gasteiger partial charge in [-0.15, -0.1) is 0 Å². The van der Waals surface area contributed by atoms with E-state index in [-0.39, 0.29) is 28.2 Å².